The van der Waals surface area contributed by atoms with Crippen LogP contribution >= 0.6 is 0 Å². The summed E-state index contributed by atoms with van der Waals surface area (Å²) in [6, 6.07) is 11.3. The monoisotopic (exact) mass is 293 g/mol. The van der Waals surface area contributed by atoms with E-state index < -0.39 is 5.41 Å². The summed E-state index contributed by atoms with van der Waals surface area (Å²) < 4.78 is 16.4. The molecule has 0 radical (unpaired) electrons. The van der Waals surface area contributed by atoms with Gasteiger partial charge >= 0.3 is 0 Å². The van der Waals surface area contributed by atoms with Crippen molar-refractivity contribution in [1.29, 1.82) is 0 Å². The average Bonchev–Trinajstić information content (AvgIpc) is 3.09. The highest BCUT2D eigenvalue weighted by Crippen LogP contribution is 2.52. The Balaban J connectivity index is 1.82. The minimum atomic E-state index is -0.884. The minimum Gasteiger partial charge on any atom is -0.465 e. The molecule has 22 heavy (non-hydrogen) atoms. The topological polar surface area (TPSA) is 56.8 Å². The molecule has 5 nitrogen and oxygen atoms in total. The van der Waals surface area contributed by atoms with E-state index >= 15 is 0 Å². The molecule has 1 amide bonds. The van der Waals surface area contributed by atoms with E-state index in [1.54, 1.807) is 18.4 Å². The van der Waals surface area contributed by atoms with Gasteiger partial charge in [0.1, 0.15) is 11.2 Å². The summed E-state index contributed by atoms with van der Waals surface area (Å²) in [5.74, 6) is 1.79. The molecule has 5 heteroatoms. The van der Waals surface area contributed by atoms with E-state index in [-0.39, 0.29) is 12.7 Å². The largest absolute Gasteiger partial charge is 0.465 e. The Labute approximate surface area is 126 Å². The lowest BCUT2D eigenvalue weighted by molar-refractivity contribution is -0.118. The Morgan fingerprint density at radius 3 is 2.73 bits per heavy atom. The van der Waals surface area contributed by atoms with Crippen LogP contribution in [0.2, 0.25) is 0 Å². The molecule has 2 aromatic rings. The fourth-order valence-corrected chi connectivity index (χ4v) is 3.34. The maximum atomic E-state index is 12.8. The number of anilines is 1. The van der Waals surface area contributed by atoms with Gasteiger partial charge in [-0.3, -0.25) is 4.79 Å². The van der Waals surface area contributed by atoms with Crippen molar-refractivity contribution in [2.45, 2.75) is 5.41 Å². The van der Waals surface area contributed by atoms with Crippen LogP contribution in [0.1, 0.15) is 11.1 Å². The number of carbonyl (C=O) groups excluding carboxylic acids is 1. The second-order valence-electron chi connectivity index (χ2n) is 5.43. The van der Waals surface area contributed by atoms with Crippen molar-refractivity contribution >= 4 is 11.6 Å². The smallest absolute Gasteiger partial charge is 0.243 e. The summed E-state index contributed by atoms with van der Waals surface area (Å²) in [6.45, 7) is 0.182. The molecule has 3 heterocycles. The van der Waals surface area contributed by atoms with Crippen LogP contribution in [0, 0.1) is 0 Å². The molecule has 3 aliphatic rings. The third-order valence-electron chi connectivity index (χ3n) is 4.37. The van der Waals surface area contributed by atoms with Crippen molar-refractivity contribution in [3.05, 3.63) is 59.9 Å². The molecule has 0 fully saturated rings. The number of rotatable bonds is 0. The summed E-state index contributed by atoms with van der Waals surface area (Å²) in [5.41, 5.74) is 1.62. The standard InChI is InChI=1S/C17H11NO4/c19-16-17(10-3-1-2-4-12(10)18-16)5-6-20-13-8-15-14(7-11(13)17)21-9-22-15/h1-8H,9H2,(H,18,19). The van der Waals surface area contributed by atoms with Crippen LogP contribution in [-0.2, 0) is 10.2 Å². The van der Waals surface area contributed by atoms with Gasteiger partial charge in [-0.1, -0.05) is 18.2 Å². The first-order valence-electron chi connectivity index (χ1n) is 6.98. The molecule has 3 aliphatic heterocycles. The van der Waals surface area contributed by atoms with Crippen molar-refractivity contribution in [3.8, 4) is 17.2 Å². The Hall–Kier alpha value is -2.95. The summed E-state index contributed by atoms with van der Waals surface area (Å²) in [7, 11) is 0. The van der Waals surface area contributed by atoms with Gasteiger partial charge in [0, 0.05) is 17.3 Å². The number of fused-ring (bicyclic) bond motifs is 5. The van der Waals surface area contributed by atoms with Crippen molar-refractivity contribution in [3.63, 3.8) is 0 Å². The van der Waals surface area contributed by atoms with Gasteiger partial charge in [0.15, 0.2) is 11.5 Å². The predicted molar refractivity (Wildman–Crippen MR) is 78.2 cm³/mol. The lowest BCUT2D eigenvalue weighted by Crippen LogP contribution is -2.35. The van der Waals surface area contributed by atoms with Crippen LogP contribution < -0.4 is 19.5 Å². The zero-order chi connectivity index (χ0) is 14.7. The summed E-state index contributed by atoms with van der Waals surface area (Å²) >= 11 is 0. The molecule has 5 rings (SSSR count). The Morgan fingerprint density at radius 2 is 1.82 bits per heavy atom. The number of ether oxygens (including phenoxy) is 3. The molecule has 0 saturated carbocycles. The summed E-state index contributed by atoms with van der Waals surface area (Å²) in [6.07, 6.45) is 3.35. The molecule has 1 spiro atoms. The van der Waals surface area contributed by atoms with Gasteiger partial charge < -0.3 is 19.5 Å². The maximum Gasteiger partial charge on any atom is 0.243 e. The first-order chi connectivity index (χ1) is 10.8. The van der Waals surface area contributed by atoms with Gasteiger partial charge in [0.25, 0.3) is 0 Å². The molecule has 1 atom stereocenters. The second kappa shape index (κ2) is 3.82. The van der Waals surface area contributed by atoms with E-state index in [0.717, 1.165) is 16.8 Å². The highest BCUT2D eigenvalue weighted by atomic mass is 16.7. The van der Waals surface area contributed by atoms with Gasteiger partial charge in [-0.15, -0.1) is 0 Å². The lowest BCUT2D eigenvalue weighted by Gasteiger charge is -2.29. The molecular weight excluding hydrogens is 282 g/mol. The Bertz CT molecular complexity index is 858. The van der Waals surface area contributed by atoms with Crippen LogP contribution in [0.4, 0.5) is 5.69 Å². The van der Waals surface area contributed by atoms with Gasteiger partial charge in [-0.25, -0.2) is 0 Å². The molecule has 2 aromatic carbocycles. The van der Waals surface area contributed by atoms with Gasteiger partial charge in [0.2, 0.25) is 12.7 Å². The third-order valence-corrected chi connectivity index (χ3v) is 4.37. The number of hydrogen-bond donors (Lipinski definition) is 1. The van der Waals surface area contributed by atoms with Crippen molar-refractivity contribution < 1.29 is 19.0 Å². The van der Waals surface area contributed by atoms with Crippen LogP contribution in [0.15, 0.2) is 48.7 Å². The summed E-state index contributed by atoms with van der Waals surface area (Å²) in [4.78, 5) is 12.8. The quantitative estimate of drug-likeness (QED) is 0.811. The SMILES string of the molecule is O=C1Nc2ccccc2C12C=COc1cc3c(cc12)OCO3. The fourth-order valence-electron chi connectivity index (χ4n) is 3.34. The maximum absolute atomic E-state index is 12.8. The third kappa shape index (κ3) is 1.26. The van der Waals surface area contributed by atoms with E-state index in [1.807, 2.05) is 30.3 Å². The lowest BCUT2D eigenvalue weighted by atomic mass is 9.74. The van der Waals surface area contributed by atoms with Crippen molar-refractivity contribution in [1.82, 2.24) is 0 Å². The Kier molecular flexibility index (Phi) is 2.03. The molecule has 0 bridgehead atoms. The zero-order valence-corrected chi connectivity index (χ0v) is 11.5. The van der Waals surface area contributed by atoms with Gasteiger partial charge in [0.05, 0.1) is 6.26 Å². The van der Waals surface area contributed by atoms with Gasteiger partial charge in [-0.2, -0.15) is 0 Å². The first-order valence-corrected chi connectivity index (χ1v) is 6.98. The van der Waals surface area contributed by atoms with Crippen molar-refractivity contribution in [2.24, 2.45) is 0 Å². The number of carbonyl (C=O) groups is 1. The second-order valence-corrected chi connectivity index (χ2v) is 5.43. The van der Waals surface area contributed by atoms with E-state index in [2.05, 4.69) is 5.32 Å². The predicted octanol–water partition coefficient (Wildman–Crippen LogP) is 2.56. The van der Waals surface area contributed by atoms with Crippen LogP contribution in [-0.4, -0.2) is 12.7 Å². The number of hydrogen-bond acceptors (Lipinski definition) is 4. The van der Waals surface area contributed by atoms with E-state index in [4.69, 9.17) is 14.2 Å². The normalized spacial score (nSPS) is 23.0. The number of para-hydroxylation sites is 1. The minimum absolute atomic E-state index is 0.0895. The average molecular weight is 293 g/mol. The Morgan fingerprint density at radius 1 is 1.00 bits per heavy atom. The molecule has 0 aromatic heterocycles. The van der Waals surface area contributed by atoms with Crippen LogP contribution in [0.25, 0.3) is 0 Å². The van der Waals surface area contributed by atoms with Crippen LogP contribution in [0.5, 0.6) is 17.2 Å². The van der Waals surface area contributed by atoms with Gasteiger partial charge in [-0.05, 0) is 23.8 Å². The molecule has 0 saturated heterocycles. The number of amides is 1. The number of nitrogens with one attached hydrogen (secondary N) is 1. The van der Waals surface area contributed by atoms with E-state index in [9.17, 15) is 4.79 Å². The number of benzene rings is 2. The molecule has 108 valence electrons. The molecular formula is C17H11NO4. The molecule has 1 N–H and O–H groups in total. The highest BCUT2D eigenvalue weighted by molar-refractivity contribution is 6.11. The zero-order valence-electron chi connectivity index (χ0n) is 11.5. The van der Waals surface area contributed by atoms with Crippen molar-refractivity contribution in [2.75, 3.05) is 12.1 Å². The van der Waals surface area contributed by atoms with E-state index in [0.29, 0.717) is 17.2 Å². The molecule has 0 aliphatic carbocycles. The fraction of sp³-hybridized carbons (Fsp3) is 0.118. The van der Waals surface area contributed by atoms with Crippen LogP contribution in [0.3, 0.4) is 0 Å². The highest BCUT2D eigenvalue weighted by Gasteiger charge is 2.50. The molecule has 1 unspecified atom stereocenters. The summed E-state index contributed by atoms with van der Waals surface area (Å²) in [5, 5.41) is 2.95. The van der Waals surface area contributed by atoms with E-state index in [1.165, 1.54) is 0 Å². The first kappa shape index (κ1) is 11.7.